The third kappa shape index (κ3) is 5.00. The Bertz CT molecular complexity index is 1640. The average molecular weight is 528 g/mol. The fraction of sp³-hybridized carbons (Fsp3) is 0.310. The van der Waals surface area contributed by atoms with E-state index in [-0.39, 0.29) is 12.5 Å². The van der Waals surface area contributed by atoms with E-state index in [1.807, 2.05) is 19.3 Å². The largest absolute Gasteiger partial charge is 0.396 e. The first-order chi connectivity index (χ1) is 19.0. The average Bonchev–Trinajstić information content (AvgIpc) is 3.56. The van der Waals surface area contributed by atoms with Crippen LogP contribution in [-0.4, -0.2) is 73.4 Å². The number of carbonyl (C=O) groups excluding carboxylic acids is 1. The lowest BCUT2D eigenvalue weighted by molar-refractivity contribution is 0.0930. The summed E-state index contributed by atoms with van der Waals surface area (Å²) in [5, 5.41) is 18.1. The van der Waals surface area contributed by atoms with Crippen LogP contribution < -0.4 is 5.32 Å². The van der Waals surface area contributed by atoms with E-state index in [0.717, 1.165) is 54.6 Å². The molecule has 1 aromatic carbocycles. The summed E-state index contributed by atoms with van der Waals surface area (Å²) >= 11 is 0. The molecule has 5 heterocycles. The molecule has 0 aliphatic carbocycles. The number of aromatic nitrogens is 5. The number of rotatable bonds is 7. The van der Waals surface area contributed by atoms with Crippen molar-refractivity contribution in [3.05, 3.63) is 66.5 Å². The summed E-state index contributed by atoms with van der Waals surface area (Å²) in [5.74, 6) is -0.294. The predicted octanol–water partition coefficient (Wildman–Crippen LogP) is 3.75. The Morgan fingerprint density at radius 3 is 2.79 bits per heavy atom. The van der Waals surface area contributed by atoms with Crippen LogP contribution >= 0.6 is 0 Å². The van der Waals surface area contributed by atoms with Crippen molar-refractivity contribution in [3.63, 3.8) is 0 Å². The molecule has 1 atom stereocenters. The van der Waals surface area contributed by atoms with Gasteiger partial charge in [0.25, 0.3) is 5.91 Å². The minimum absolute atomic E-state index is 0.170. The lowest BCUT2D eigenvalue weighted by Gasteiger charge is -2.31. The number of fused-ring (bicyclic) bond motifs is 3. The third-order valence-corrected chi connectivity index (χ3v) is 7.47. The van der Waals surface area contributed by atoms with Crippen molar-refractivity contribution in [2.45, 2.75) is 12.8 Å². The van der Waals surface area contributed by atoms with Gasteiger partial charge < -0.3 is 20.3 Å². The molecular formula is C29H30FN7O2. The van der Waals surface area contributed by atoms with Crippen molar-refractivity contribution in [3.8, 4) is 22.4 Å². The molecule has 0 radical (unpaired) electrons. The zero-order chi connectivity index (χ0) is 26.9. The van der Waals surface area contributed by atoms with Gasteiger partial charge in [-0.1, -0.05) is 12.1 Å². The molecule has 0 bridgehead atoms. The minimum atomic E-state index is -0.442. The fourth-order valence-corrected chi connectivity index (χ4v) is 5.45. The number of likely N-dealkylation sites (tertiary alicyclic amines) is 1. The third-order valence-electron chi connectivity index (χ3n) is 7.47. The molecule has 200 valence electrons. The first-order valence-electron chi connectivity index (χ1n) is 13.2. The van der Waals surface area contributed by atoms with E-state index >= 15 is 4.39 Å². The number of hydrogen-bond donors (Lipinski definition) is 3. The van der Waals surface area contributed by atoms with Crippen molar-refractivity contribution in [1.82, 2.24) is 34.9 Å². The van der Waals surface area contributed by atoms with Crippen molar-refractivity contribution in [2.24, 2.45) is 13.0 Å². The van der Waals surface area contributed by atoms with Gasteiger partial charge in [-0.05, 0) is 49.1 Å². The summed E-state index contributed by atoms with van der Waals surface area (Å²) in [6, 6.07) is 8.90. The number of aryl methyl sites for hydroxylation is 1. The van der Waals surface area contributed by atoms with Gasteiger partial charge in [0.15, 0.2) is 0 Å². The van der Waals surface area contributed by atoms with E-state index in [0.29, 0.717) is 40.2 Å². The summed E-state index contributed by atoms with van der Waals surface area (Å²) in [6.07, 6.45) is 8.68. The number of piperidine rings is 1. The number of pyridine rings is 2. The number of aliphatic hydroxyl groups is 1. The molecular weight excluding hydrogens is 497 g/mol. The summed E-state index contributed by atoms with van der Waals surface area (Å²) < 4.78 is 17.0. The van der Waals surface area contributed by atoms with Gasteiger partial charge in [-0.25, -0.2) is 9.37 Å². The molecule has 9 nitrogen and oxygen atoms in total. The molecule has 1 aliphatic heterocycles. The summed E-state index contributed by atoms with van der Waals surface area (Å²) in [7, 11) is 1.84. The van der Waals surface area contributed by atoms with Crippen LogP contribution in [0, 0.1) is 11.7 Å². The minimum Gasteiger partial charge on any atom is -0.396 e. The summed E-state index contributed by atoms with van der Waals surface area (Å²) in [4.78, 5) is 27.1. The number of aliphatic hydroxyl groups excluding tert-OH is 1. The number of nitrogens with one attached hydrogen (secondary N) is 2. The van der Waals surface area contributed by atoms with Crippen molar-refractivity contribution in [1.29, 1.82) is 0 Å². The molecule has 1 amide bonds. The molecule has 3 N–H and O–H groups in total. The van der Waals surface area contributed by atoms with Gasteiger partial charge in [-0.3, -0.25) is 14.5 Å². The first-order valence-corrected chi connectivity index (χ1v) is 13.2. The lowest BCUT2D eigenvalue weighted by atomic mass is 9.99. The molecule has 1 aliphatic rings. The second-order valence-electron chi connectivity index (χ2n) is 10.2. The number of amides is 1. The quantitative estimate of drug-likeness (QED) is 0.297. The van der Waals surface area contributed by atoms with Gasteiger partial charge in [0.1, 0.15) is 11.5 Å². The Labute approximate surface area is 224 Å². The maximum atomic E-state index is 15.3. The SMILES string of the molecule is Cn1cc(-c2cc3c(cn2)[nH]c2ncc(F)c(-c4ccc(C(=O)NCCN5CCC[C@H](CO)C5)cc4)c23)cn1. The first kappa shape index (κ1) is 25.1. The second-order valence-corrected chi connectivity index (χ2v) is 10.2. The molecule has 4 aromatic heterocycles. The van der Waals surface area contributed by atoms with Crippen LogP contribution in [0.3, 0.4) is 0 Å². The Kier molecular flexibility index (Phi) is 6.80. The smallest absolute Gasteiger partial charge is 0.251 e. The van der Waals surface area contributed by atoms with Crippen LogP contribution in [0.2, 0.25) is 0 Å². The molecule has 0 saturated carbocycles. The molecule has 5 aromatic rings. The Hall–Kier alpha value is -4.15. The molecule has 39 heavy (non-hydrogen) atoms. The highest BCUT2D eigenvalue weighted by molar-refractivity contribution is 6.13. The highest BCUT2D eigenvalue weighted by Crippen LogP contribution is 2.36. The predicted molar refractivity (Wildman–Crippen MR) is 148 cm³/mol. The van der Waals surface area contributed by atoms with E-state index in [1.54, 1.807) is 41.3 Å². The molecule has 1 fully saturated rings. The molecule has 0 unspecified atom stereocenters. The zero-order valence-corrected chi connectivity index (χ0v) is 21.7. The van der Waals surface area contributed by atoms with Gasteiger partial charge >= 0.3 is 0 Å². The van der Waals surface area contributed by atoms with E-state index < -0.39 is 5.82 Å². The van der Waals surface area contributed by atoms with Crippen molar-refractivity contribution >= 4 is 27.8 Å². The molecule has 10 heteroatoms. The number of nitrogens with zero attached hydrogens (tertiary/aromatic N) is 5. The Morgan fingerprint density at radius 2 is 2.03 bits per heavy atom. The molecule has 1 saturated heterocycles. The maximum absolute atomic E-state index is 15.3. The van der Waals surface area contributed by atoms with E-state index in [4.69, 9.17) is 0 Å². The zero-order valence-electron chi connectivity index (χ0n) is 21.7. The summed E-state index contributed by atoms with van der Waals surface area (Å²) in [5.41, 5.74) is 4.50. The van der Waals surface area contributed by atoms with Gasteiger partial charge in [-0.15, -0.1) is 0 Å². The monoisotopic (exact) mass is 527 g/mol. The number of benzene rings is 1. The standard InChI is InChI=1S/C29H30FN7O2/c1-36-16-21(12-34-36)24-11-22-25(14-32-24)35-28-27(22)26(23(30)13-33-28)19-4-6-20(7-5-19)29(39)31-8-10-37-9-2-3-18(15-37)17-38/h4-7,11-14,16,18,38H,2-3,8-10,15,17H2,1H3,(H,31,39)(H,33,35)/t18-/m0/s1. The number of H-pyrrole nitrogens is 1. The fourth-order valence-electron chi connectivity index (χ4n) is 5.45. The Balaban J connectivity index is 1.24. The molecule has 6 rings (SSSR count). The van der Waals surface area contributed by atoms with Crippen LogP contribution in [-0.2, 0) is 7.05 Å². The normalized spacial score (nSPS) is 16.2. The van der Waals surface area contributed by atoms with Crippen molar-refractivity contribution < 1.29 is 14.3 Å². The van der Waals surface area contributed by atoms with Crippen molar-refractivity contribution in [2.75, 3.05) is 32.8 Å². The number of halogens is 1. The lowest BCUT2D eigenvalue weighted by Crippen LogP contribution is -2.41. The number of hydrogen-bond acceptors (Lipinski definition) is 6. The van der Waals surface area contributed by atoms with Gasteiger partial charge in [0.05, 0.1) is 29.8 Å². The molecule has 0 spiro atoms. The highest BCUT2D eigenvalue weighted by atomic mass is 19.1. The number of carbonyl (C=O) groups is 1. The Morgan fingerprint density at radius 1 is 1.18 bits per heavy atom. The number of aromatic amines is 1. The van der Waals surface area contributed by atoms with Crippen LogP contribution in [0.25, 0.3) is 44.3 Å². The topological polar surface area (TPSA) is 112 Å². The van der Waals surface area contributed by atoms with Gasteiger partial charge in [0.2, 0.25) is 0 Å². The maximum Gasteiger partial charge on any atom is 0.251 e. The second kappa shape index (κ2) is 10.5. The van der Waals surface area contributed by atoms with E-state index in [9.17, 15) is 9.90 Å². The van der Waals surface area contributed by atoms with E-state index in [2.05, 4.69) is 30.3 Å². The van der Waals surface area contributed by atoms with Crippen LogP contribution in [0.4, 0.5) is 4.39 Å². The van der Waals surface area contributed by atoms with Crippen LogP contribution in [0.1, 0.15) is 23.2 Å². The van der Waals surface area contributed by atoms with Crippen LogP contribution in [0.5, 0.6) is 0 Å². The summed E-state index contributed by atoms with van der Waals surface area (Å²) in [6.45, 7) is 3.33. The van der Waals surface area contributed by atoms with E-state index in [1.165, 1.54) is 6.20 Å². The van der Waals surface area contributed by atoms with Gasteiger partial charge in [-0.2, -0.15) is 5.10 Å². The van der Waals surface area contributed by atoms with Gasteiger partial charge in [0, 0.05) is 66.9 Å². The van der Waals surface area contributed by atoms with Crippen LogP contribution in [0.15, 0.2) is 55.1 Å². The highest BCUT2D eigenvalue weighted by Gasteiger charge is 2.20.